The van der Waals surface area contributed by atoms with Crippen molar-refractivity contribution in [1.29, 1.82) is 0 Å². The number of imidazole rings is 1. The molecular formula is C8H15N3O. The summed E-state index contributed by atoms with van der Waals surface area (Å²) in [6, 6.07) is 0. The minimum atomic E-state index is -0.271. The number of aromatic nitrogens is 2. The van der Waals surface area contributed by atoms with E-state index in [0.717, 1.165) is 13.1 Å². The number of aliphatic hydroxyl groups excluding tert-OH is 1. The van der Waals surface area contributed by atoms with Crippen molar-refractivity contribution < 1.29 is 5.11 Å². The fourth-order valence-corrected chi connectivity index (χ4v) is 0.938. The molecule has 0 radical (unpaired) electrons. The third-order valence-corrected chi connectivity index (χ3v) is 1.55. The van der Waals surface area contributed by atoms with Crippen LogP contribution in [-0.2, 0) is 6.54 Å². The maximum Gasteiger partial charge on any atom is 0.0946 e. The molecular weight excluding hydrogens is 154 g/mol. The monoisotopic (exact) mass is 169 g/mol. The smallest absolute Gasteiger partial charge is 0.0946 e. The lowest BCUT2D eigenvalue weighted by Crippen LogP contribution is -2.27. The van der Waals surface area contributed by atoms with E-state index in [-0.39, 0.29) is 6.10 Å². The van der Waals surface area contributed by atoms with Gasteiger partial charge in [-0.2, -0.15) is 0 Å². The predicted molar refractivity (Wildman–Crippen MR) is 46.8 cm³/mol. The molecule has 0 unspecified atom stereocenters. The molecule has 1 atom stereocenters. The summed E-state index contributed by atoms with van der Waals surface area (Å²) in [5.41, 5.74) is 0. The first-order valence-electron chi connectivity index (χ1n) is 4.13. The molecule has 0 aromatic carbocycles. The van der Waals surface area contributed by atoms with Gasteiger partial charge in [0.25, 0.3) is 0 Å². The van der Waals surface area contributed by atoms with Crippen LogP contribution in [0.4, 0.5) is 0 Å². The van der Waals surface area contributed by atoms with E-state index in [4.69, 9.17) is 5.11 Å². The van der Waals surface area contributed by atoms with Crippen LogP contribution in [0.25, 0.3) is 0 Å². The molecule has 1 aromatic rings. The maximum absolute atomic E-state index is 8.93. The summed E-state index contributed by atoms with van der Waals surface area (Å²) in [7, 11) is 0. The molecule has 0 amide bonds. The Balaban J connectivity index is 2.04. The van der Waals surface area contributed by atoms with Gasteiger partial charge < -0.3 is 15.0 Å². The third kappa shape index (κ3) is 3.50. The molecule has 2 N–H and O–H groups in total. The normalized spacial score (nSPS) is 13.2. The zero-order chi connectivity index (χ0) is 8.81. The van der Waals surface area contributed by atoms with Crippen LogP contribution >= 0.6 is 0 Å². The molecule has 4 heteroatoms. The number of rotatable bonds is 5. The summed E-state index contributed by atoms with van der Waals surface area (Å²) in [5, 5.41) is 12.1. The Kier molecular flexibility index (Phi) is 3.76. The standard InChI is InChI=1S/C8H15N3O/c1-8(12)6-9-2-4-11-5-3-10-7-11/h3,5,7-9,12H,2,4,6H2,1H3/t8-/m0/s1. The SMILES string of the molecule is C[C@H](O)CNCCn1ccnc1. The Hall–Kier alpha value is -0.870. The van der Waals surface area contributed by atoms with Gasteiger partial charge in [0, 0.05) is 32.0 Å². The van der Waals surface area contributed by atoms with E-state index in [9.17, 15) is 0 Å². The van der Waals surface area contributed by atoms with Crippen molar-refractivity contribution in [2.45, 2.75) is 19.6 Å². The molecule has 0 spiro atoms. The number of hydrogen-bond donors (Lipinski definition) is 2. The average molecular weight is 169 g/mol. The molecule has 1 aromatic heterocycles. The van der Waals surface area contributed by atoms with Crippen LogP contribution in [-0.4, -0.2) is 33.9 Å². The molecule has 0 aliphatic carbocycles. The highest BCUT2D eigenvalue weighted by atomic mass is 16.3. The lowest BCUT2D eigenvalue weighted by atomic mass is 10.4. The number of nitrogens with zero attached hydrogens (tertiary/aromatic N) is 2. The van der Waals surface area contributed by atoms with Gasteiger partial charge in [0.05, 0.1) is 12.4 Å². The Bertz CT molecular complexity index is 196. The summed E-state index contributed by atoms with van der Waals surface area (Å²) < 4.78 is 2.00. The summed E-state index contributed by atoms with van der Waals surface area (Å²) in [6.07, 6.45) is 5.19. The molecule has 0 saturated carbocycles. The number of aliphatic hydroxyl groups is 1. The van der Waals surface area contributed by atoms with Crippen LogP contribution in [0.3, 0.4) is 0 Å². The van der Waals surface area contributed by atoms with Crippen molar-refractivity contribution in [3.8, 4) is 0 Å². The van der Waals surface area contributed by atoms with Gasteiger partial charge in [-0.1, -0.05) is 0 Å². The zero-order valence-corrected chi connectivity index (χ0v) is 7.27. The van der Waals surface area contributed by atoms with Crippen molar-refractivity contribution >= 4 is 0 Å². The van der Waals surface area contributed by atoms with Crippen molar-refractivity contribution in [1.82, 2.24) is 14.9 Å². The predicted octanol–water partition coefficient (Wildman–Crippen LogP) is -0.147. The van der Waals surface area contributed by atoms with E-state index in [1.54, 1.807) is 19.4 Å². The fourth-order valence-electron chi connectivity index (χ4n) is 0.938. The van der Waals surface area contributed by atoms with Crippen LogP contribution in [0.2, 0.25) is 0 Å². The third-order valence-electron chi connectivity index (χ3n) is 1.55. The van der Waals surface area contributed by atoms with Gasteiger partial charge in [-0.25, -0.2) is 4.98 Å². The van der Waals surface area contributed by atoms with E-state index in [1.807, 2.05) is 10.8 Å². The molecule has 12 heavy (non-hydrogen) atoms. The quantitative estimate of drug-likeness (QED) is 0.603. The molecule has 1 heterocycles. The molecule has 0 aliphatic rings. The van der Waals surface area contributed by atoms with Crippen LogP contribution < -0.4 is 5.32 Å². The fraction of sp³-hybridized carbons (Fsp3) is 0.625. The van der Waals surface area contributed by atoms with Crippen molar-refractivity contribution in [2.75, 3.05) is 13.1 Å². The Morgan fingerprint density at radius 1 is 1.67 bits per heavy atom. The van der Waals surface area contributed by atoms with Crippen molar-refractivity contribution in [3.05, 3.63) is 18.7 Å². The highest BCUT2D eigenvalue weighted by Crippen LogP contribution is 1.83. The highest BCUT2D eigenvalue weighted by molar-refractivity contribution is 4.74. The maximum atomic E-state index is 8.93. The molecule has 0 fully saturated rings. The second-order valence-electron chi connectivity index (χ2n) is 2.85. The average Bonchev–Trinajstić information content (AvgIpc) is 2.49. The molecule has 68 valence electrons. The van der Waals surface area contributed by atoms with Crippen LogP contribution in [0.15, 0.2) is 18.7 Å². The lowest BCUT2D eigenvalue weighted by Gasteiger charge is -2.06. The van der Waals surface area contributed by atoms with Crippen LogP contribution in [0, 0.1) is 0 Å². The van der Waals surface area contributed by atoms with Gasteiger partial charge in [-0.3, -0.25) is 0 Å². The Labute approximate surface area is 72.2 Å². The van der Waals surface area contributed by atoms with Crippen molar-refractivity contribution in [3.63, 3.8) is 0 Å². The van der Waals surface area contributed by atoms with E-state index in [0.29, 0.717) is 6.54 Å². The summed E-state index contributed by atoms with van der Waals surface area (Å²) in [6.45, 7) is 4.17. The first-order chi connectivity index (χ1) is 5.79. The van der Waals surface area contributed by atoms with Gasteiger partial charge in [0.1, 0.15) is 0 Å². The molecule has 0 bridgehead atoms. The minimum Gasteiger partial charge on any atom is -0.392 e. The van der Waals surface area contributed by atoms with Gasteiger partial charge in [0.15, 0.2) is 0 Å². The second-order valence-corrected chi connectivity index (χ2v) is 2.85. The van der Waals surface area contributed by atoms with Gasteiger partial charge in [-0.05, 0) is 6.92 Å². The summed E-state index contributed by atoms with van der Waals surface area (Å²) in [4.78, 5) is 3.92. The zero-order valence-electron chi connectivity index (χ0n) is 7.27. The number of hydrogen-bond acceptors (Lipinski definition) is 3. The van der Waals surface area contributed by atoms with Gasteiger partial charge in [0.2, 0.25) is 0 Å². The van der Waals surface area contributed by atoms with Crippen molar-refractivity contribution in [2.24, 2.45) is 0 Å². The van der Waals surface area contributed by atoms with Crippen LogP contribution in [0.1, 0.15) is 6.92 Å². The Morgan fingerprint density at radius 3 is 3.08 bits per heavy atom. The minimum absolute atomic E-state index is 0.271. The molecule has 0 aliphatic heterocycles. The summed E-state index contributed by atoms with van der Waals surface area (Å²) in [5.74, 6) is 0. The largest absolute Gasteiger partial charge is 0.392 e. The topological polar surface area (TPSA) is 50.1 Å². The van der Waals surface area contributed by atoms with E-state index in [2.05, 4.69) is 10.3 Å². The molecule has 0 saturated heterocycles. The van der Waals surface area contributed by atoms with Crippen LogP contribution in [0.5, 0.6) is 0 Å². The highest BCUT2D eigenvalue weighted by Gasteiger charge is 1.93. The van der Waals surface area contributed by atoms with Gasteiger partial charge >= 0.3 is 0 Å². The molecule has 4 nitrogen and oxygen atoms in total. The Morgan fingerprint density at radius 2 is 2.50 bits per heavy atom. The van der Waals surface area contributed by atoms with Gasteiger partial charge in [-0.15, -0.1) is 0 Å². The van der Waals surface area contributed by atoms with E-state index < -0.39 is 0 Å². The summed E-state index contributed by atoms with van der Waals surface area (Å²) >= 11 is 0. The second kappa shape index (κ2) is 4.90. The molecule has 1 rings (SSSR count). The van der Waals surface area contributed by atoms with E-state index >= 15 is 0 Å². The number of nitrogens with one attached hydrogen (secondary N) is 1. The van der Waals surface area contributed by atoms with E-state index in [1.165, 1.54) is 0 Å². The first-order valence-corrected chi connectivity index (χ1v) is 4.13. The first kappa shape index (κ1) is 9.22. The lowest BCUT2D eigenvalue weighted by molar-refractivity contribution is 0.191.